The molecule has 18 heavy (non-hydrogen) atoms. The third-order valence-electron chi connectivity index (χ3n) is 2.93. The number of nitrogens with zero attached hydrogens (tertiary/aromatic N) is 2. The van der Waals surface area contributed by atoms with Crippen LogP contribution in [0.25, 0.3) is 0 Å². The smallest absolute Gasteiger partial charge is 0.135 e. The van der Waals surface area contributed by atoms with E-state index in [1.165, 1.54) is 0 Å². The number of hydrogen-bond acceptors (Lipinski definition) is 5. The molecule has 102 valence electrons. The van der Waals surface area contributed by atoms with E-state index in [9.17, 15) is 5.11 Å². The predicted octanol–water partition coefficient (Wildman–Crippen LogP) is 2.21. The zero-order chi connectivity index (χ0) is 13.8. The summed E-state index contributed by atoms with van der Waals surface area (Å²) >= 11 is 0. The molecule has 0 radical (unpaired) electrons. The van der Waals surface area contributed by atoms with E-state index in [-0.39, 0.29) is 5.92 Å². The van der Waals surface area contributed by atoms with Gasteiger partial charge in [0.05, 0.1) is 5.60 Å². The fraction of sp³-hybridized carbons (Fsp3) is 0.692. The summed E-state index contributed by atoms with van der Waals surface area (Å²) in [6.07, 6.45) is 0.695. The Morgan fingerprint density at radius 1 is 1.33 bits per heavy atom. The Hall–Kier alpha value is -1.36. The van der Waals surface area contributed by atoms with Crippen LogP contribution in [0.4, 0.5) is 11.6 Å². The lowest BCUT2D eigenvalue weighted by Crippen LogP contribution is -2.32. The Morgan fingerprint density at radius 3 is 2.44 bits per heavy atom. The normalized spacial score (nSPS) is 14.4. The van der Waals surface area contributed by atoms with Gasteiger partial charge in [-0.15, -0.1) is 0 Å². The van der Waals surface area contributed by atoms with Crippen LogP contribution in [0, 0.1) is 0 Å². The average molecular weight is 252 g/mol. The standard InChI is InChI=1S/C13H24N4O/c1-6-13(4,18)8-15-11-7-10(14-5)16-12(17-11)9(2)3/h7,9,18H,6,8H2,1-5H3,(H2,14,15,16,17). The van der Waals surface area contributed by atoms with Crippen LogP contribution in [-0.4, -0.2) is 34.3 Å². The molecule has 0 aliphatic rings. The molecule has 0 aromatic carbocycles. The Kier molecular flexibility index (Phi) is 4.90. The number of hydrogen-bond donors (Lipinski definition) is 3. The summed E-state index contributed by atoms with van der Waals surface area (Å²) in [5.74, 6) is 2.59. The quantitative estimate of drug-likeness (QED) is 0.724. The monoisotopic (exact) mass is 252 g/mol. The molecule has 0 spiro atoms. The molecule has 0 aliphatic carbocycles. The average Bonchev–Trinajstić information content (AvgIpc) is 2.36. The number of anilines is 2. The lowest BCUT2D eigenvalue weighted by molar-refractivity contribution is 0.0696. The van der Waals surface area contributed by atoms with Gasteiger partial charge in [-0.3, -0.25) is 0 Å². The number of aromatic nitrogens is 2. The Balaban J connectivity index is 2.85. The van der Waals surface area contributed by atoms with E-state index < -0.39 is 5.60 Å². The molecule has 0 aliphatic heterocycles. The second kappa shape index (κ2) is 6.00. The fourth-order valence-corrected chi connectivity index (χ4v) is 1.35. The second-order valence-electron chi connectivity index (χ2n) is 5.11. The van der Waals surface area contributed by atoms with Crippen LogP contribution in [0.3, 0.4) is 0 Å². The summed E-state index contributed by atoms with van der Waals surface area (Å²) in [5.41, 5.74) is -0.719. The number of rotatable bonds is 6. The van der Waals surface area contributed by atoms with Gasteiger partial charge in [0.1, 0.15) is 17.5 Å². The van der Waals surface area contributed by atoms with Crippen molar-refractivity contribution < 1.29 is 5.11 Å². The van der Waals surface area contributed by atoms with Crippen molar-refractivity contribution in [2.45, 2.75) is 45.6 Å². The molecule has 0 amide bonds. The van der Waals surface area contributed by atoms with Crippen LogP contribution >= 0.6 is 0 Å². The minimum absolute atomic E-state index is 0.269. The molecule has 1 aromatic rings. The van der Waals surface area contributed by atoms with Crippen molar-refractivity contribution in [3.05, 3.63) is 11.9 Å². The van der Waals surface area contributed by atoms with Crippen molar-refractivity contribution in [3.63, 3.8) is 0 Å². The maximum Gasteiger partial charge on any atom is 0.135 e. The van der Waals surface area contributed by atoms with E-state index in [4.69, 9.17) is 0 Å². The van der Waals surface area contributed by atoms with E-state index in [1.54, 1.807) is 0 Å². The van der Waals surface area contributed by atoms with Gasteiger partial charge < -0.3 is 15.7 Å². The maximum absolute atomic E-state index is 9.97. The molecule has 0 bridgehead atoms. The molecule has 0 saturated heterocycles. The topological polar surface area (TPSA) is 70.1 Å². The third kappa shape index (κ3) is 4.14. The molecule has 0 fully saturated rings. The molecule has 1 heterocycles. The molecular formula is C13H24N4O. The molecule has 5 heteroatoms. The molecule has 5 nitrogen and oxygen atoms in total. The van der Waals surface area contributed by atoms with Crippen molar-refractivity contribution in [1.29, 1.82) is 0 Å². The maximum atomic E-state index is 9.97. The summed E-state index contributed by atoms with van der Waals surface area (Å²) in [7, 11) is 1.83. The third-order valence-corrected chi connectivity index (χ3v) is 2.93. The van der Waals surface area contributed by atoms with Crippen LogP contribution in [0.15, 0.2) is 6.07 Å². The largest absolute Gasteiger partial charge is 0.388 e. The molecule has 1 aromatic heterocycles. The first-order chi connectivity index (χ1) is 8.38. The highest BCUT2D eigenvalue weighted by Crippen LogP contribution is 2.17. The van der Waals surface area contributed by atoms with Crippen LogP contribution < -0.4 is 10.6 Å². The van der Waals surface area contributed by atoms with Crippen LogP contribution in [-0.2, 0) is 0 Å². The summed E-state index contributed by atoms with van der Waals surface area (Å²) in [5, 5.41) is 16.2. The van der Waals surface area contributed by atoms with Crippen LogP contribution in [0.1, 0.15) is 45.9 Å². The lowest BCUT2D eigenvalue weighted by atomic mass is 10.0. The zero-order valence-corrected chi connectivity index (χ0v) is 11.9. The molecule has 0 saturated carbocycles. The predicted molar refractivity (Wildman–Crippen MR) is 75.1 cm³/mol. The minimum atomic E-state index is -0.719. The number of nitrogens with one attached hydrogen (secondary N) is 2. The van der Waals surface area contributed by atoms with Crippen molar-refractivity contribution in [1.82, 2.24) is 9.97 Å². The van der Waals surface area contributed by atoms with Gasteiger partial charge in [0.25, 0.3) is 0 Å². The fourth-order valence-electron chi connectivity index (χ4n) is 1.35. The summed E-state index contributed by atoms with van der Waals surface area (Å²) in [4.78, 5) is 8.84. The molecule has 1 rings (SSSR count). The molecule has 1 unspecified atom stereocenters. The van der Waals surface area contributed by atoms with Crippen LogP contribution in [0.5, 0.6) is 0 Å². The van der Waals surface area contributed by atoms with E-state index in [0.717, 1.165) is 17.5 Å². The van der Waals surface area contributed by atoms with Gasteiger partial charge in [0, 0.05) is 25.6 Å². The van der Waals surface area contributed by atoms with Gasteiger partial charge in [-0.2, -0.15) is 0 Å². The number of aliphatic hydroxyl groups is 1. The van der Waals surface area contributed by atoms with Crippen molar-refractivity contribution in [3.8, 4) is 0 Å². The SMILES string of the molecule is CCC(C)(O)CNc1cc(NC)nc(C(C)C)n1. The van der Waals surface area contributed by atoms with E-state index in [2.05, 4.69) is 34.4 Å². The second-order valence-corrected chi connectivity index (χ2v) is 5.11. The van der Waals surface area contributed by atoms with Gasteiger partial charge in [-0.05, 0) is 13.3 Å². The van der Waals surface area contributed by atoms with Crippen molar-refractivity contribution in [2.24, 2.45) is 0 Å². The molecule has 1 atom stereocenters. The van der Waals surface area contributed by atoms with Gasteiger partial charge in [-0.25, -0.2) is 9.97 Å². The highest BCUT2D eigenvalue weighted by atomic mass is 16.3. The molecule has 3 N–H and O–H groups in total. The zero-order valence-electron chi connectivity index (χ0n) is 11.9. The van der Waals surface area contributed by atoms with Crippen molar-refractivity contribution >= 4 is 11.6 Å². The van der Waals surface area contributed by atoms with Gasteiger partial charge in [0.15, 0.2) is 0 Å². The summed E-state index contributed by atoms with van der Waals surface area (Å²) in [6, 6.07) is 1.84. The van der Waals surface area contributed by atoms with E-state index >= 15 is 0 Å². The van der Waals surface area contributed by atoms with E-state index in [0.29, 0.717) is 13.0 Å². The van der Waals surface area contributed by atoms with Gasteiger partial charge in [-0.1, -0.05) is 20.8 Å². The Bertz CT molecular complexity index is 391. The Morgan fingerprint density at radius 2 is 1.94 bits per heavy atom. The highest BCUT2D eigenvalue weighted by Gasteiger charge is 2.17. The molecular weight excluding hydrogens is 228 g/mol. The first-order valence-electron chi connectivity index (χ1n) is 6.41. The van der Waals surface area contributed by atoms with E-state index in [1.807, 2.05) is 27.0 Å². The first kappa shape index (κ1) is 14.7. The van der Waals surface area contributed by atoms with Gasteiger partial charge >= 0.3 is 0 Å². The van der Waals surface area contributed by atoms with Crippen molar-refractivity contribution in [2.75, 3.05) is 24.2 Å². The summed E-state index contributed by atoms with van der Waals surface area (Å²) in [6.45, 7) is 8.35. The first-order valence-corrected chi connectivity index (χ1v) is 6.41. The summed E-state index contributed by atoms with van der Waals surface area (Å²) < 4.78 is 0. The minimum Gasteiger partial charge on any atom is -0.388 e. The van der Waals surface area contributed by atoms with Crippen LogP contribution in [0.2, 0.25) is 0 Å². The Labute approximate surface area is 109 Å². The highest BCUT2D eigenvalue weighted by molar-refractivity contribution is 5.47. The van der Waals surface area contributed by atoms with Gasteiger partial charge in [0.2, 0.25) is 0 Å². The lowest BCUT2D eigenvalue weighted by Gasteiger charge is -2.22.